The van der Waals surface area contributed by atoms with E-state index >= 15 is 0 Å². The molecule has 22 heavy (non-hydrogen) atoms. The van der Waals surface area contributed by atoms with Crippen LogP contribution in [0, 0.1) is 0 Å². The quantitative estimate of drug-likeness (QED) is 0.798. The van der Waals surface area contributed by atoms with Crippen LogP contribution in [0.5, 0.6) is 0 Å². The number of nitrogens with two attached hydrogens (primary N) is 1. The monoisotopic (exact) mass is 299 g/mol. The second kappa shape index (κ2) is 4.85. The second-order valence-electron chi connectivity index (χ2n) is 4.48. The first kappa shape index (κ1) is 13.6. The molecule has 0 fully saturated rings. The van der Waals surface area contributed by atoms with E-state index in [1.807, 2.05) is 0 Å². The number of aromatic nitrogens is 1. The fraction of sp³-hybridized carbons (Fsp3) is 0. The van der Waals surface area contributed by atoms with Crippen molar-refractivity contribution in [1.29, 1.82) is 0 Å². The molecule has 0 radical (unpaired) electrons. The van der Waals surface area contributed by atoms with Crippen molar-refractivity contribution in [1.82, 2.24) is 10.0 Å². The molecule has 0 unspecified atom stereocenters. The maximum absolute atomic E-state index is 12.0. The summed E-state index contributed by atoms with van der Waals surface area (Å²) in [5, 5.41) is 0.387. The highest BCUT2D eigenvalue weighted by atomic mass is 16.7. The number of amides is 3. The lowest BCUT2D eigenvalue weighted by molar-refractivity contribution is -0.0588. The van der Waals surface area contributed by atoms with Crippen molar-refractivity contribution in [2.45, 2.75) is 0 Å². The summed E-state index contributed by atoms with van der Waals surface area (Å²) < 4.78 is 0. The van der Waals surface area contributed by atoms with Crippen LogP contribution in [0.1, 0.15) is 41.7 Å². The van der Waals surface area contributed by atoms with E-state index in [2.05, 4.69) is 4.98 Å². The van der Waals surface area contributed by atoms with Crippen LogP contribution < -0.4 is 5.73 Å². The molecule has 0 bridgehead atoms. The van der Waals surface area contributed by atoms with E-state index in [-0.39, 0.29) is 22.5 Å². The summed E-state index contributed by atoms with van der Waals surface area (Å²) in [5.74, 6) is -3.19. The predicted molar refractivity (Wildman–Crippen MR) is 71.7 cm³/mol. The van der Waals surface area contributed by atoms with E-state index in [1.54, 1.807) is 12.1 Å². The summed E-state index contributed by atoms with van der Waals surface area (Å²) in [6.45, 7) is 0. The number of benzene rings is 1. The molecule has 0 saturated heterocycles. The van der Waals surface area contributed by atoms with Gasteiger partial charge >= 0.3 is 5.97 Å². The maximum Gasteiger partial charge on any atom is 0.379 e. The van der Waals surface area contributed by atoms with Gasteiger partial charge in [0.25, 0.3) is 17.7 Å². The second-order valence-corrected chi connectivity index (χ2v) is 4.48. The van der Waals surface area contributed by atoms with Gasteiger partial charge in [-0.15, -0.1) is 0 Å². The summed E-state index contributed by atoms with van der Waals surface area (Å²) in [6.07, 6.45) is 0. The number of hydroxylamine groups is 2. The zero-order chi connectivity index (χ0) is 15.9. The van der Waals surface area contributed by atoms with Crippen molar-refractivity contribution in [2.75, 3.05) is 0 Å². The van der Waals surface area contributed by atoms with Gasteiger partial charge in [0.2, 0.25) is 0 Å². The number of imide groups is 1. The van der Waals surface area contributed by atoms with Crippen LogP contribution in [0.15, 0.2) is 36.4 Å². The lowest BCUT2D eigenvalue weighted by atomic mass is 10.1. The third kappa shape index (κ3) is 2.03. The standard InChI is InChI=1S/C14H9N3O5/c15-11(18)9-5-6-10(16-9)14(21)22-17-12(19)7-3-1-2-4-8(7)13(17)20/h1-6,16H,(H2,15,18). The smallest absolute Gasteiger partial charge is 0.364 e. The Kier molecular flexibility index (Phi) is 2.99. The Morgan fingerprint density at radius 1 is 0.955 bits per heavy atom. The van der Waals surface area contributed by atoms with Gasteiger partial charge in [0.15, 0.2) is 0 Å². The molecule has 0 atom stereocenters. The van der Waals surface area contributed by atoms with Crippen molar-refractivity contribution in [3.63, 3.8) is 0 Å². The number of hydrogen-bond acceptors (Lipinski definition) is 5. The molecule has 3 N–H and O–H groups in total. The zero-order valence-corrected chi connectivity index (χ0v) is 11.0. The summed E-state index contributed by atoms with van der Waals surface area (Å²) in [5.41, 5.74) is 5.27. The molecule has 1 aliphatic rings. The van der Waals surface area contributed by atoms with Crippen molar-refractivity contribution >= 4 is 23.7 Å². The molecule has 2 heterocycles. The Bertz CT molecular complexity index is 788. The molecule has 0 saturated carbocycles. The number of rotatable bonds is 3. The predicted octanol–water partition coefficient (Wildman–Crippen LogP) is 0.482. The lowest BCUT2D eigenvalue weighted by Gasteiger charge is -2.11. The molecular formula is C14H9N3O5. The van der Waals surface area contributed by atoms with E-state index in [9.17, 15) is 19.2 Å². The van der Waals surface area contributed by atoms with Gasteiger partial charge in [0.1, 0.15) is 11.4 Å². The van der Waals surface area contributed by atoms with Gasteiger partial charge in [-0.2, -0.15) is 0 Å². The van der Waals surface area contributed by atoms with E-state index in [4.69, 9.17) is 10.6 Å². The van der Waals surface area contributed by atoms with Crippen LogP contribution >= 0.6 is 0 Å². The van der Waals surface area contributed by atoms with Crippen LogP contribution in [0.3, 0.4) is 0 Å². The number of H-pyrrole nitrogens is 1. The van der Waals surface area contributed by atoms with E-state index in [0.29, 0.717) is 5.06 Å². The topological polar surface area (TPSA) is 123 Å². The molecule has 2 aromatic rings. The van der Waals surface area contributed by atoms with Crippen LogP contribution in [0.4, 0.5) is 0 Å². The highest BCUT2D eigenvalue weighted by Gasteiger charge is 2.38. The number of nitrogens with one attached hydrogen (secondary N) is 1. The number of nitrogens with zero attached hydrogens (tertiary/aromatic N) is 1. The Balaban J connectivity index is 1.82. The van der Waals surface area contributed by atoms with Gasteiger partial charge < -0.3 is 15.6 Å². The van der Waals surface area contributed by atoms with Crippen molar-refractivity contribution in [2.24, 2.45) is 5.73 Å². The average molecular weight is 299 g/mol. The number of hydrogen-bond donors (Lipinski definition) is 2. The fourth-order valence-corrected chi connectivity index (χ4v) is 2.04. The first-order valence-corrected chi connectivity index (χ1v) is 6.18. The van der Waals surface area contributed by atoms with E-state index in [0.717, 1.165) is 0 Å². The number of primary amides is 1. The van der Waals surface area contributed by atoms with Crippen LogP contribution in [-0.2, 0) is 4.84 Å². The van der Waals surface area contributed by atoms with Crippen molar-refractivity contribution in [3.8, 4) is 0 Å². The van der Waals surface area contributed by atoms with Gasteiger partial charge in [-0.1, -0.05) is 17.2 Å². The third-order valence-electron chi connectivity index (χ3n) is 3.10. The normalized spacial score (nSPS) is 13.2. The minimum Gasteiger partial charge on any atom is -0.364 e. The van der Waals surface area contributed by atoms with Gasteiger partial charge in [0.05, 0.1) is 11.1 Å². The van der Waals surface area contributed by atoms with Crippen LogP contribution in [0.2, 0.25) is 0 Å². The molecule has 1 aromatic heterocycles. The SMILES string of the molecule is NC(=O)c1ccc(C(=O)ON2C(=O)c3ccccc3C2=O)[nH]1. The molecule has 110 valence electrons. The summed E-state index contributed by atoms with van der Waals surface area (Å²) >= 11 is 0. The molecule has 3 amide bonds. The summed E-state index contributed by atoms with van der Waals surface area (Å²) in [4.78, 5) is 54.2. The highest BCUT2D eigenvalue weighted by molar-refractivity contribution is 6.21. The molecule has 8 heteroatoms. The molecule has 1 aliphatic heterocycles. The molecule has 8 nitrogen and oxygen atoms in total. The molecule has 3 rings (SSSR count). The Morgan fingerprint density at radius 2 is 1.50 bits per heavy atom. The van der Waals surface area contributed by atoms with E-state index < -0.39 is 23.7 Å². The number of carbonyl (C=O) groups is 4. The molecular weight excluding hydrogens is 290 g/mol. The van der Waals surface area contributed by atoms with Gasteiger partial charge in [-0.05, 0) is 24.3 Å². The number of fused-ring (bicyclic) bond motifs is 1. The van der Waals surface area contributed by atoms with Crippen LogP contribution in [-0.4, -0.2) is 33.7 Å². The first-order valence-electron chi connectivity index (χ1n) is 6.18. The maximum atomic E-state index is 12.0. The fourth-order valence-electron chi connectivity index (χ4n) is 2.04. The largest absolute Gasteiger partial charge is 0.379 e. The minimum absolute atomic E-state index is 0.00862. The first-order chi connectivity index (χ1) is 10.5. The van der Waals surface area contributed by atoms with Crippen LogP contribution in [0.25, 0.3) is 0 Å². The number of carbonyl (C=O) groups excluding carboxylic acids is 4. The van der Waals surface area contributed by atoms with Crippen molar-refractivity contribution < 1.29 is 24.0 Å². The van der Waals surface area contributed by atoms with Gasteiger partial charge in [-0.3, -0.25) is 14.4 Å². The van der Waals surface area contributed by atoms with Gasteiger partial charge in [0, 0.05) is 0 Å². The van der Waals surface area contributed by atoms with E-state index in [1.165, 1.54) is 24.3 Å². The summed E-state index contributed by atoms with van der Waals surface area (Å²) in [6, 6.07) is 8.67. The Morgan fingerprint density at radius 3 is 2.00 bits per heavy atom. The molecule has 0 aliphatic carbocycles. The van der Waals surface area contributed by atoms with Crippen molar-refractivity contribution in [3.05, 3.63) is 58.9 Å². The highest BCUT2D eigenvalue weighted by Crippen LogP contribution is 2.23. The minimum atomic E-state index is -0.984. The molecule has 0 spiro atoms. The zero-order valence-electron chi connectivity index (χ0n) is 11.0. The summed E-state index contributed by atoms with van der Waals surface area (Å²) in [7, 11) is 0. The Hall–Kier alpha value is -3.42. The van der Waals surface area contributed by atoms with Gasteiger partial charge in [-0.25, -0.2) is 4.79 Å². The third-order valence-corrected chi connectivity index (χ3v) is 3.10. The molecule has 1 aromatic carbocycles. The Labute approximate surface area is 123 Å². The average Bonchev–Trinajstić information content (AvgIpc) is 3.08. The number of aromatic amines is 1. The lowest BCUT2D eigenvalue weighted by Crippen LogP contribution is -2.32.